The number of aliphatic hydroxyl groups is 1. The number of ether oxygens (including phenoxy) is 2. The maximum absolute atomic E-state index is 13.1. The molecule has 178 valence electrons. The fourth-order valence-corrected chi connectivity index (χ4v) is 4.85. The van der Waals surface area contributed by atoms with Gasteiger partial charge < -0.3 is 19.5 Å². The number of likely N-dealkylation sites (tertiary alicyclic amines) is 1. The highest BCUT2D eigenvalue weighted by atomic mass is 32.1. The second kappa shape index (κ2) is 10.5. The van der Waals surface area contributed by atoms with Crippen LogP contribution in [-0.2, 0) is 14.3 Å². The number of hydrogen-bond acceptors (Lipinski definition) is 6. The Morgan fingerprint density at radius 2 is 1.85 bits per heavy atom. The van der Waals surface area contributed by atoms with Gasteiger partial charge in [-0.2, -0.15) is 0 Å². The summed E-state index contributed by atoms with van der Waals surface area (Å²) < 4.78 is 11.5. The van der Waals surface area contributed by atoms with Gasteiger partial charge in [0.1, 0.15) is 11.5 Å². The Bertz CT molecular complexity index is 1050. The number of Topliss-reactive ketones (excluding diaryl/α,β-unsaturated/α-hetero) is 1. The number of aliphatic hydroxyl groups excluding tert-OH is 1. The Labute approximate surface area is 199 Å². The Morgan fingerprint density at radius 1 is 1.12 bits per heavy atom. The van der Waals surface area contributed by atoms with Crippen LogP contribution >= 0.6 is 11.3 Å². The molecule has 1 aromatic carbocycles. The third kappa shape index (κ3) is 5.47. The van der Waals surface area contributed by atoms with Crippen LogP contribution in [0.1, 0.15) is 55.3 Å². The molecule has 0 saturated carbocycles. The Hall–Kier alpha value is -2.64. The van der Waals surface area contributed by atoms with Crippen molar-refractivity contribution >= 4 is 28.8 Å². The Kier molecular flexibility index (Phi) is 7.97. The van der Waals surface area contributed by atoms with Crippen LogP contribution in [0, 0.1) is 19.8 Å². The number of benzene rings is 1. The van der Waals surface area contributed by atoms with Crippen molar-refractivity contribution in [3.63, 3.8) is 0 Å². The van der Waals surface area contributed by atoms with Crippen molar-refractivity contribution in [3.05, 3.63) is 56.8 Å². The van der Waals surface area contributed by atoms with E-state index < -0.39 is 17.7 Å². The third-order valence-corrected chi connectivity index (χ3v) is 6.57. The lowest BCUT2D eigenvalue weighted by Gasteiger charge is -2.25. The second-order valence-corrected chi connectivity index (χ2v) is 10.0. The van der Waals surface area contributed by atoms with E-state index >= 15 is 0 Å². The molecule has 1 unspecified atom stereocenters. The standard InChI is InChI=1S/C26H33NO5S/c1-15(2)14-32-20-8-7-19(13-18(20)6)23(28)21-22(25-17(5)9-12-33-25)27(26(30)24(21)29)10-11-31-16(3)4/h7-9,12-13,15-16,22,28H,10-11,14H2,1-6H3/b23-21-. The molecule has 0 aliphatic carbocycles. The number of aryl methyl sites for hydroxylation is 2. The smallest absolute Gasteiger partial charge is 0.295 e. The van der Waals surface area contributed by atoms with Crippen LogP contribution in [0.2, 0.25) is 0 Å². The van der Waals surface area contributed by atoms with Gasteiger partial charge in [0.15, 0.2) is 0 Å². The van der Waals surface area contributed by atoms with E-state index in [1.807, 2.05) is 39.1 Å². The van der Waals surface area contributed by atoms with Gasteiger partial charge in [-0.05, 0) is 74.4 Å². The molecule has 7 heteroatoms. The molecule has 6 nitrogen and oxygen atoms in total. The average Bonchev–Trinajstić information content (AvgIpc) is 3.27. The van der Waals surface area contributed by atoms with Gasteiger partial charge in [0.2, 0.25) is 0 Å². The summed E-state index contributed by atoms with van der Waals surface area (Å²) in [5, 5.41) is 13.2. The molecule has 1 N–H and O–H groups in total. The summed E-state index contributed by atoms with van der Waals surface area (Å²) in [6, 6.07) is 6.63. The van der Waals surface area contributed by atoms with Gasteiger partial charge in [0, 0.05) is 17.0 Å². The van der Waals surface area contributed by atoms with E-state index in [2.05, 4.69) is 13.8 Å². The first-order chi connectivity index (χ1) is 15.6. The zero-order valence-corrected chi connectivity index (χ0v) is 21.0. The molecule has 1 aliphatic rings. The summed E-state index contributed by atoms with van der Waals surface area (Å²) in [6.07, 6.45) is 0.0168. The average molecular weight is 472 g/mol. The van der Waals surface area contributed by atoms with Crippen LogP contribution in [0.25, 0.3) is 5.76 Å². The largest absolute Gasteiger partial charge is 0.507 e. The van der Waals surface area contributed by atoms with Crippen molar-refractivity contribution in [1.29, 1.82) is 0 Å². The van der Waals surface area contributed by atoms with Gasteiger partial charge in [-0.15, -0.1) is 11.3 Å². The van der Waals surface area contributed by atoms with Crippen molar-refractivity contribution in [1.82, 2.24) is 4.90 Å². The number of nitrogens with zero attached hydrogens (tertiary/aromatic N) is 1. The first-order valence-corrected chi connectivity index (χ1v) is 12.2. The molecule has 1 atom stereocenters. The maximum atomic E-state index is 13.1. The van der Waals surface area contributed by atoms with E-state index in [0.29, 0.717) is 24.7 Å². The molecule has 0 spiro atoms. The second-order valence-electron chi connectivity index (χ2n) is 9.07. The van der Waals surface area contributed by atoms with Crippen LogP contribution < -0.4 is 4.74 Å². The van der Waals surface area contributed by atoms with Crippen molar-refractivity contribution in [3.8, 4) is 5.75 Å². The molecule has 1 fully saturated rings. The predicted molar refractivity (Wildman–Crippen MR) is 131 cm³/mol. The van der Waals surface area contributed by atoms with E-state index in [0.717, 1.165) is 21.8 Å². The van der Waals surface area contributed by atoms with E-state index in [1.165, 1.54) is 16.2 Å². The molecular formula is C26H33NO5S. The minimum atomic E-state index is -0.673. The minimum absolute atomic E-state index is 0.0168. The van der Waals surface area contributed by atoms with Crippen LogP contribution in [-0.4, -0.2) is 47.6 Å². The first-order valence-electron chi connectivity index (χ1n) is 11.3. The highest BCUT2D eigenvalue weighted by molar-refractivity contribution is 7.10. The molecule has 0 radical (unpaired) electrons. The van der Waals surface area contributed by atoms with Crippen molar-refractivity contribution in [2.24, 2.45) is 5.92 Å². The number of thiophene rings is 1. The SMILES string of the molecule is Cc1cc(/C(O)=C2/C(=O)C(=O)N(CCOC(C)C)C2c2sccc2C)ccc1OCC(C)C. The van der Waals surface area contributed by atoms with Gasteiger partial charge >= 0.3 is 0 Å². The first kappa shape index (κ1) is 25.0. The number of carbonyl (C=O) groups excluding carboxylic acids is 2. The molecule has 2 aromatic rings. The van der Waals surface area contributed by atoms with Gasteiger partial charge in [-0.3, -0.25) is 9.59 Å². The lowest BCUT2D eigenvalue weighted by Crippen LogP contribution is -2.33. The van der Waals surface area contributed by atoms with E-state index in [1.54, 1.807) is 18.2 Å². The van der Waals surface area contributed by atoms with Gasteiger partial charge in [0.05, 0.1) is 30.9 Å². The molecular weight excluding hydrogens is 438 g/mol. The van der Waals surface area contributed by atoms with Crippen LogP contribution in [0.15, 0.2) is 35.2 Å². The number of rotatable bonds is 9. The topological polar surface area (TPSA) is 76.1 Å². The number of hydrogen-bond donors (Lipinski definition) is 1. The molecule has 2 heterocycles. The number of amides is 1. The van der Waals surface area contributed by atoms with E-state index in [4.69, 9.17) is 9.47 Å². The fourth-order valence-electron chi connectivity index (χ4n) is 3.81. The van der Waals surface area contributed by atoms with E-state index in [-0.39, 0.29) is 24.0 Å². The monoisotopic (exact) mass is 471 g/mol. The highest BCUT2D eigenvalue weighted by Crippen LogP contribution is 2.42. The summed E-state index contributed by atoms with van der Waals surface area (Å²) in [6.45, 7) is 13.0. The molecule has 1 saturated heterocycles. The van der Waals surface area contributed by atoms with Crippen molar-refractivity contribution in [2.75, 3.05) is 19.8 Å². The van der Waals surface area contributed by atoms with Gasteiger partial charge in [-0.1, -0.05) is 13.8 Å². The Balaban J connectivity index is 2.02. The Morgan fingerprint density at radius 3 is 2.42 bits per heavy atom. The fraction of sp³-hybridized carbons (Fsp3) is 0.462. The van der Waals surface area contributed by atoms with Crippen molar-refractivity contribution < 1.29 is 24.2 Å². The van der Waals surface area contributed by atoms with E-state index in [9.17, 15) is 14.7 Å². The van der Waals surface area contributed by atoms with Crippen LogP contribution in [0.3, 0.4) is 0 Å². The molecule has 33 heavy (non-hydrogen) atoms. The highest BCUT2D eigenvalue weighted by Gasteiger charge is 2.46. The summed E-state index contributed by atoms with van der Waals surface area (Å²) in [5.74, 6) is -0.334. The van der Waals surface area contributed by atoms with Gasteiger partial charge in [-0.25, -0.2) is 0 Å². The zero-order chi connectivity index (χ0) is 24.3. The summed E-state index contributed by atoms with van der Waals surface area (Å²) >= 11 is 1.47. The number of ketones is 1. The normalized spacial score (nSPS) is 18.1. The minimum Gasteiger partial charge on any atom is -0.507 e. The maximum Gasteiger partial charge on any atom is 0.295 e. The predicted octanol–water partition coefficient (Wildman–Crippen LogP) is 5.25. The molecule has 0 bridgehead atoms. The van der Waals surface area contributed by atoms with Crippen LogP contribution in [0.5, 0.6) is 5.75 Å². The zero-order valence-electron chi connectivity index (χ0n) is 20.2. The lowest BCUT2D eigenvalue weighted by molar-refractivity contribution is -0.140. The quantitative estimate of drug-likeness (QED) is 0.307. The number of carbonyl (C=O) groups is 2. The molecule has 1 aliphatic heterocycles. The third-order valence-electron chi connectivity index (χ3n) is 5.49. The van der Waals surface area contributed by atoms with Gasteiger partial charge in [0.25, 0.3) is 11.7 Å². The van der Waals surface area contributed by atoms with Crippen molar-refractivity contribution in [2.45, 2.75) is 53.7 Å². The summed E-state index contributed by atoms with van der Waals surface area (Å²) in [7, 11) is 0. The molecule has 1 aromatic heterocycles. The summed E-state index contributed by atoms with van der Waals surface area (Å²) in [4.78, 5) is 28.5. The molecule has 1 amide bonds. The lowest BCUT2D eigenvalue weighted by atomic mass is 9.97. The summed E-state index contributed by atoms with van der Waals surface area (Å²) in [5.41, 5.74) is 2.43. The van der Waals surface area contributed by atoms with Crippen LogP contribution in [0.4, 0.5) is 0 Å². The molecule has 3 rings (SSSR count).